The van der Waals surface area contributed by atoms with Gasteiger partial charge in [0.1, 0.15) is 0 Å². The fourth-order valence-corrected chi connectivity index (χ4v) is 2.51. The highest BCUT2D eigenvalue weighted by molar-refractivity contribution is 7.13. The number of thiazole rings is 1. The first-order chi connectivity index (χ1) is 9.72. The van der Waals surface area contributed by atoms with Gasteiger partial charge >= 0.3 is 0 Å². The van der Waals surface area contributed by atoms with Crippen molar-refractivity contribution in [2.24, 2.45) is 0 Å². The molecule has 6 nitrogen and oxygen atoms in total. The molecule has 0 aliphatic heterocycles. The summed E-state index contributed by atoms with van der Waals surface area (Å²) in [5, 5.41) is 6.51. The minimum Gasteiger partial charge on any atom is -0.461 e. The van der Waals surface area contributed by atoms with Gasteiger partial charge in [-0.05, 0) is 31.4 Å². The van der Waals surface area contributed by atoms with E-state index in [0.29, 0.717) is 29.0 Å². The fraction of sp³-hybridized carbons (Fsp3) is 0.308. The SMILES string of the molecule is Cc1ccoc1-c1noc(CCCc2csc(N)n2)n1. The van der Waals surface area contributed by atoms with E-state index in [9.17, 15) is 0 Å². The van der Waals surface area contributed by atoms with E-state index in [4.69, 9.17) is 14.7 Å². The van der Waals surface area contributed by atoms with Crippen molar-refractivity contribution in [3.8, 4) is 11.6 Å². The Morgan fingerprint density at radius 3 is 2.90 bits per heavy atom. The van der Waals surface area contributed by atoms with Gasteiger partial charge < -0.3 is 14.7 Å². The highest BCUT2D eigenvalue weighted by atomic mass is 32.1. The van der Waals surface area contributed by atoms with Crippen LogP contribution in [0, 0.1) is 6.92 Å². The van der Waals surface area contributed by atoms with E-state index in [0.717, 1.165) is 24.1 Å². The molecule has 3 rings (SSSR count). The summed E-state index contributed by atoms with van der Waals surface area (Å²) in [4.78, 5) is 8.55. The minimum atomic E-state index is 0.500. The van der Waals surface area contributed by atoms with E-state index < -0.39 is 0 Å². The molecular weight excluding hydrogens is 276 g/mol. The first-order valence-corrected chi connectivity index (χ1v) is 7.17. The van der Waals surface area contributed by atoms with Gasteiger partial charge in [-0.25, -0.2) is 4.98 Å². The molecule has 0 amide bonds. The topological polar surface area (TPSA) is 91.0 Å². The van der Waals surface area contributed by atoms with Crippen LogP contribution in [0.5, 0.6) is 0 Å². The van der Waals surface area contributed by atoms with Gasteiger partial charge in [-0.3, -0.25) is 0 Å². The van der Waals surface area contributed by atoms with Crippen molar-refractivity contribution in [1.29, 1.82) is 0 Å². The van der Waals surface area contributed by atoms with Gasteiger partial charge in [-0.2, -0.15) is 4.98 Å². The fourth-order valence-electron chi connectivity index (χ4n) is 1.91. The zero-order valence-corrected chi connectivity index (χ0v) is 11.8. The second-order valence-electron chi connectivity index (χ2n) is 4.48. The molecule has 20 heavy (non-hydrogen) atoms. The van der Waals surface area contributed by atoms with Gasteiger partial charge in [0.25, 0.3) is 0 Å². The van der Waals surface area contributed by atoms with Crippen molar-refractivity contribution >= 4 is 16.5 Å². The lowest BCUT2D eigenvalue weighted by atomic mass is 10.2. The second kappa shape index (κ2) is 5.46. The van der Waals surface area contributed by atoms with E-state index in [2.05, 4.69) is 15.1 Å². The second-order valence-corrected chi connectivity index (χ2v) is 5.36. The van der Waals surface area contributed by atoms with Crippen molar-refractivity contribution in [2.45, 2.75) is 26.2 Å². The highest BCUT2D eigenvalue weighted by Gasteiger charge is 2.13. The number of nitrogen functional groups attached to an aromatic ring is 1. The van der Waals surface area contributed by atoms with Crippen LogP contribution < -0.4 is 5.73 Å². The first kappa shape index (κ1) is 12.9. The lowest BCUT2D eigenvalue weighted by Crippen LogP contribution is -1.92. The molecule has 104 valence electrons. The largest absolute Gasteiger partial charge is 0.461 e. The van der Waals surface area contributed by atoms with Crippen molar-refractivity contribution in [3.05, 3.63) is 34.9 Å². The Hall–Kier alpha value is -2.15. The molecule has 2 N–H and O–H groups in total. The Kier molecular flexibility index (Phi) is 3.51. The average molecular weight is 290 g/mol. The molecule has 0 spiro atoms. The molecule has 0 aliphatic carbocycles. The van der Waals surface area contributed by atoms with Crippen LogP contribution in [0.25, 0.3) is 11.6 Å². The summed E-state index contributed by atoms with van der Waals surface area (Å²) in [6.45, 7) is 1.95. The number of anilines is 1. The third-order valence-electron chi connectivity index (χ3n) is 2.93. The molecule has 7 heteroatoms. The van der Waals surface area contributed by atoms with Gasteiger partial charge in [0, 0.05) is 11.8 Å². The maximum atomic E-state index is 5.59. The van der Waals surface area contributed by atoms with E-state index in [1.54, 1.807) is 6.26 Å². The number of hydrogen-bond donors (Lipinski definition) is 1. The normalized spacial score (nSPS) is 11.1. The lowest BCUT2D eigenvalue weighted by Gasteiger charge is -1.93. The highest BCUT2D eigenvalue weighted by Crippen LogP contribution is 2.21. The Labute approximate surface area is 119 Å². The summed E-state index contributed by atoms with van der Waals surface area (Å²) in [7, 11) is 0. The number of aryl methyl sites for hydroxylation is 3. The maximum Gasteiger partial charge on any atom is 0.238 e. The van der Waals surface area contributed by atoms with Gasteiger partial charge in [-0.15, -0.1) is 11.3 Å². The molecule has 0 saturated heterocycles. The van der Waals surface area contributed by atoms with Gasteiger partial charge in [0.15, 0.2) is 10.9 Å². The molecule has 3 aromatic heterocycles. The van der Waals surface area contributed by atoms with Gasteiger partial charge in [0.05, 0.1) is 12.0 Å². The van der Waals surface area contributed by atoms with Crippen molar-refractivity contribution in [3.63, 3.8) is 0 Å². The van der Waals surface area contributed by atoms with Crippen LogP contribution in [0.3, 0.4) is 0 Å². The van der Waals surface area contributed by atoms with E-state index >= 15 is 0 Å². The molecule has 0 unspecified atom stereocenters. The molecule has 0 fully saturated rings. The van der Waals surface area contributed by atoms with Crippen molar-refractivity contribution in [2.75, 3.05) is 5.73 Å². The summed E-state index contributed by atoms with van der Waals surface area (Å²) in [5.74, 6) is 1.77. The van der Waals surface area contributed by atoms with Gasteiger partial charge in [-0.1, -0.05) is 5.16 Å². The van der Waals surface area contributed by atoms with Crippen LogP contribution >= 0.6 is 11.3 Å². The molecule has 0 aromatic carbocycles. The number of nitrogens with two attached hydrogens (primary N) is 1. The summed E-state index contributed by atoms with van der Waals surface area (Å²) in [6.07, 6.45) is 4.07. The summed E-state index contributed by atoms with van der Waals surface area (Å²) < 4.78 is 10.6. The zero-order valence-electron chi connectivity index (χ0n) is 11.0. The Morgan fingerprint density at radius 1 is 1.30 bits per heavy atom. The number of aromatic nitrogens is 3. The smallest absolute Gasteiger partial charge is 0.238 e. The first-order valence-electron chi connectivity index (χ1n) is 6.29. The third-order valence-corrected chi connectivity index (χ3v) is 3.65. The molecule has 0 aliphatic rings. The number of rotatable bonds is 5. The van der Waals surface area contributed by atoms with E-state index in [1.807, 2.05) is 18.4 Å². The Balaban J connectivity index is 1.59. The van der Waals surface area contributed by atoms with Crippen LogP contribution in [0.1, 0.15) is 23.6 Å². The Morgan fingerprint density at radius 2 is 2.20 bits per heavy atom. The summed E-state index contributed by atoms with van der Waals surface area (Å²) in [6, 6.07) is 1.87. The molecule has 3 heterocycles. The molecule has 0 saturated carbocycles. The van der Waals surface area contributed by atoms with Crippen LogP contribution in [0.15, 0.2) is 26.6 Å². The van der Waals surface area contributed by atoms with Crippen LogP contribution in [0.4, 0.5) is 5.13 Å². The molecule has 3 aromatic rings. The van der Waals surface area contributed by atoms with E-state index in [1.165, 1.54) is 11.3 Å². The van der Waals surface area contributed by atoms with Crippen molar-refractivity contribution < 1.29 is 8.94 Å². The number of furan rings is 1. The lowest BCUT2D eigenvalue weighted by molar-refractivity contribution is 0.375. The predicted octanol–water partition coefficient (Wildman–Crippen LogP) is 2.85. The predicted molar refractivity (Wildman–Crippen MR) is 75.3 cm³/mol. The van der Waals surface area contributed by atoms with Crippen LogP contribution in [0.2, 0.25) is 0 Å². The summed E-state index contributed by atoms with van der Waals surface area (Å²) >= 11 is 1.46. The molecular formula is C13H14N4O2S. The molecule has 0 atom stereocenters. The van der Waals surface area contributed by atoms with Crippen LogP contribution in [-0.2, 0) is 12.8 Å². The quantitative estimate of drug-likeness (QED) is 0.777. The van der Waals surface area contributed by atoms with E-state index in [-0.39, 0.29) is 0 Å². The van der Waals surface area contributed by atoms with Crippen molar-refractivity contribution in [1.82, 2.24) is 15.1 Å². The standard InChI is InChI=1S/C13H14N4O2S/c1-8-5-6-18-11(8)12-16-10(19-17-12)4-2-3-9-7-20-13(14)15-9/h5-7H,2-4H2,1H3,(H2,14,15). The average Bonchev–Trinajstić information content (AvgIpc) is 3.11. The monoisotopic (exact) mass is 290 g/mol. The van der Waals surface area contributed by atoms with Gasteiger partial charge in [0.2, 0.25) is 11.7 Å². The molecule has 0 radical (unpaired) electrons. The molecule has 0 bridgehead atoms. The Bertz CT molecular complexity index is 701. The number of hydrogen-bond acceptors (Lipinski definition) is 7. The number of nitrogens with zero attached hydrogens (tertiary/aromatic N) is 3. The summed E-state index contributed by atoms with van der Waals surface area (Å²) in [5.41, 5.74) is 7.59. The maximum absolute atomic E-state index is 5.59. The third kappa shape index (κ3) is 2.72. The zero-order chi connectivity index (χ0) is 13.9. The van der Waals surface area contributed by atoms with Crippen LogP contribution in [-0.4, -0.2) is 15.1 Å². The minimum absolute atomic E-state index is 0.500.